The molecule has 0 aliphatic rings. The van der Waals surface area contributed by atoms with Crippen molar-refractivity contribution in [2.45, 2.75) is 6.92 Å². The quantitative estimate of drug-likeness (QED) is 0.773. The third-order valence-electron chi connectivity index (χ3n) is 2.29. The molecule has 0 bridgehead atoms. The zero-order valence-corrected chi connectivity index (χ0v) is 11.3. The average Bonchev–Trinajstić information content (AvgIpc) is 2.38. The van der Waals surface area contributed by atoms with Gasteiger partial charge in [-0.1, -0.05) is 12.1 Å². The van der Waals surface area contributed by atoms with Crippen LogP contribution < -0.4 is 5.32 Å². The molecule has 0 heterocycles. The van der Waals surface area contributed by atoms with E-state index in [1.165, 1.54) is 24.3 Å². The standard InChI is InChI=1S/C13H14N2O3S/c1-2-15-13(17)9-19(18)8-12(16)11-5-3-10(7-14)4-6-11/h3-6H,2,8-9H2,1H3,(H,15,17). The van der Waals surface area contributed by atoms with E-state index in [4.69, 9.17) is 5.26 Å². The third-order valence-corrected chi connectivity index (χ3v) is 3.46. The molecule has 5 nitrogen and oxygen atoms in total. The SMILES string of the molecule is CCNC(=O)CS(=O)CC(=O)c1ccc(C#N)cc1. The highest BCUT2D eigenvalue weighted by Gasteiger charge is 2.13. The fourth-order valence-corrected chi connectivity index (χ4v) is 2.36. The van der Waals surface area contributed by atoms with Gasteiger partial charge >= 0.3 is 0 Å². The molecule has 6 heteroatoms. The van der Waals surface area contributed by atoms with Gasteiger partial charge in [0, 0.05) is 22.9 Å². The molecule has 19 heavy (non-hydrogen) atoms. The van der Waals surface area contributed by atoms with Crippen LogP contribution in [-0.4, -0.2) is 33.9 Å². The van der Waals surface area contributed by atoms with Crippen molar-refractivity contribution in [1.29, 1.82) is 5.26 Å². The predicted octanol–water partition coefficient (Wildman–Crippen LogP) is 0.626. The van der Waals surface area contributed by atoms with Crippen molar-refractivity contribution < 1.29 is 13.8 Å². The number of nitrogens with one attached hydrogen (secondary N) is 1. The molecule has 0 radical (unpaired) electrons. The summed E-state index contributed by atoms with van der Waals surface area (Å²) in [5.41, 5.74) is 0.850. The first kappa shape index (κ1) is 15.1. The maximum atomic E-state index is 11.8. The van der Waals surface area contributed by atoms with E-state index in [1.54, 1.807) is 6.92 Å². The highest BCUT2D eigenvalue weighted by Crippen LogP contribution is 2.05. The fourth-order valence-electron chi connectivity index (χ4n) is 1.41. The molecule has 1 N–H and O–H groups in total. The number of benzene rings is 1. The van der Waals surface area contributed by atoms with Gasteiger partial charge in [-0.3, -0.25) is 13.8 Å². The molecule has 1 aromatic carbocycles. The lowest BCUT2D eigenvalue weighted by atomic mass is 10.1. The van der Waals surface area contributed by atoms with Gasteiger partial charge in [0.15, 0.2) is 5.78 Å². The Bertz CT molecular complexity index is 532. The normalized spacial score (nSPS) is 11.4. The minimum atomic E-state index is -1.52. The number of carbonyl (C=O) groups excluding carboxylic acids is 2. The first-order valence-corrected chi connectivity index (χ1v) is 7.20. The number of hydrogen-bond acceptors (Lipinski definition) is 4. The van der Waals surface area contributed by atoms with E-state index in [0.29, 0.717) is 17.7 Å². The summed E-state index contributed by atoms with van der Waals surface area (Å²) in [5, 5.41) is 11.2. The Morgan fingerprint density at radius 3 is 2.42 bits per heavy atom. The summed E-state index contributed by atoms with van der Waals surface area (Å²) in [5.74, 6) is -0.987. The Morgan fingerprint density at radius 1 is 1.26 bits per heavy atom. The summed E-state index contributed by atoms with van der Waals surface area (Å²) in [4.78, 5) is 23.0. The Kier molecular flexibility index (Phi) is 5.90. The largest absolute Gasteiger partial charge is 0.356 e. The molecule has 0 spiro atoms. The second kappa shape index (κ2) is 7.44. The summed E-state index contributed by atoms with van der Waals surface area (Å²) < 4.78 is 11.6. The van der Waals surface area contributed by atoms with Gasteiger partial charge in [-0.05, 0) is 19.1 Å². The Hall–Kier alpha value is -2.00. The van der Waals surface area contributed by atoms with Crippen molar-refractivity contribution in [3.63, 3.8) is 0 Å². The molecule has 1 rings (SSSR count). The van der Waals surface area contributed by atoms with E-state index >= 15 is 0 Å². The summed E-state index contributed by atoms with van der Waals surface area (Å²) in [6.07, 6.45) is 0. The van der Waals surface area contributed by atoms with Crippen molar-refractivity contribution >= 4 is 22.5 Å². The van der Waals surface area contributed by atoms with Gasteiger partial charge in [-0.25, -0.2) is 0 Å². The molecule has 0 fully saturated rings. The second-order valence-corrected chi connectivity index (χ2v) is 5.25. The number of hydrogen-bond donors (Lipinski definition) is 1. The van der Waals surface area contributed by atoms with Crippen molar-refractivity contribution in [3.05, 3.63) is 35.4 Å². The molecule has 0 saturated carbocycles. The lowest BCUT2D eigenvalue weighted by Crippen LogP contribution is -2.29. The topological polar surface area (TPSA) is 87.0 Å². The van der Waals surface area contributed by atoms with Crippen LogP contribution in [0.1, 0.15) is 22.8 Å². The molecule has 0 aliphatic heterocycles. The van der Waals surface area contributed by atoms with Gasteiger partial charge in [0.05, 0.1) is 17.4 Å². The Balaban J connectivity index is 2.57. The van der Waals surface area contributed by atoms with Gasteiger partial charge in [-0.2, -0.15) is 5.26 Å². The molecule has 1 unspecified atom stereocenters. The lowest BCUT2D eigenvalue weighted by molar-refractivity contribution is -0.118. The minimum Gasteiger partial charge on any atom is -0.356 e. The van der Waals surface area contributed by atoms with Crippen LogP contribution in [-0.2, 0) is 15.6 Å². The van der Waals surface area contributed by atoms with Crippen LogP contribution in [0.4, 0.5) is 0 Å². The zero-order chi connectivity index (χ0) is 14.3. The van der Waals surface area contributed by atoms with Gasteiger partial charge in [0.25, 0.3) is 0 Å². The number of carbonyl (C=O) groups is 2. The monoisotopic (exact) mass is 278 g/mol. The number of nitriles is 1. The van der Waals surface area contributed by atoms with Crippen molar-refractivity contribution in [2.75, 3.05) is 18.1 Å². The summed E-state index contributed by atoms with van der Waals surface area (Å²) >= 11 is 0. The van der Waals surface area contributed by atoms with Crippen molar-refractivity contribution in [3.8, 4) is 6.07 Å². The molecule has 0 aromatic heterocycles. The number of ketones is 1. The predicted molar refractivity (Wildman–Crippen MR) is 72.0 cm³/mol. The number of Topliss-reactive ketones (excluding diaryl/α,β-unsaturated/α-hetero) is 1. The molecular formula is C13H14N2O3S. The molecule has 1 aromatic rings. The van der Waals surface area contributed by atoms with Crippen molar-refractivity contribution in [2.24, 2.45) is 0 Å². The maximum Gasteiger partial charge on any atom is 0.232 e. The summed E-state index contributed by atoms with van der Waals surface area (Å²) in [7, 11) is -1.52. The molecule has 1 atom stereocenters. The zero-order valence-electron chi connectivity index (χ0n) is 10.5. The summed E-state index contributed by atoms with van der Waals surface area (Å²) in [6.45, 7) is 2.24. The van der Waals surface area contributed by atoms with E-state index < -0.39 is 10.8 Å². The van der Waals surface area contributed by atoms with Crippen LogP contribution in [0.2, 0.25) is 0 Å². The molecule has 0 saturated heterocycles. The molecule has 1 amide bonds. The van der Waals surface area contributed by atoms with Crippen LogP contribution >= 0.6 is 0 Å². The van der Waals surface area contributed by atoms with E-state index in [0.717, 1.165) is 0 Å². The Labute approximate surface area is 114 Å². The van der Waals surface area contributed by atoms with E-state index in [2.05, 4.69) is 5.32 Å². The van der Waals surface area contributed by atoms with E-state index in [-0.39, 0.29) is 23.2 Å². The van der Waals surface area contributed by atoms with Crippen LogP contribution in [0.5, 0.6) is 0 Å². The first-order valence-electron chi connectivity index (χ1n) is 5.72. The number of nitrogens with zero attached hydrogens (tertiary/aromatic N) is 1. The van der Waals surface area contributed by atoms with E-state index in [1.807, 2.05) is 6.07 Å². The van der Waals surface area contributed by atoms with Crippen molar-refractivity contribution in [1.82, 2.24) is 5.32 Å². The highest BCUT2D eigenvalue weighted by atomic mass is 32.2. The first-order chi connectivity index (χ1) is 9.06. The molecule has 100 valence electrons. The van der Waals surface area contributed by atoms with Crippen LogP contribution in [0, 0.1) is 11.3 Å². The fraction of sp³-hybridized carbons (Fsp3) is 0.308. The highest BCUT2D eigenvalue weighted by molar-refractivity contribution is 7.86. The maximum absolute atomic E-state index is 11.8. The smallest absolute Gasteiger partial charge is 0.232 e. The summed E-state index contributed by atoms with van der Waals surface area (Å²) in [6, 6.07) is 8.04. The molecule has 0 aliphatic carbocycles. The third kappa shape index (κ3) is 5.02. The van der Waals surface area contributed by atoms with Gasteiger partial charge in [0.1, 0.15) is 5.75 Å². The van der Waals surface area contributed by atoms with Gasteiger partial charge in [-0.15, -0.1) is 0 Å². The van der Waals surface area contributed by atoms with Crippen LogP contribution in [0.25, 0.3) is 0 Å². The van der Waals surface area contributed by atoms with E-state index in [9.17, 15) is 13.8 Å². The molecular weight excluding hydrogens is 264 g/mol. The lowest BCUT2D eigenvalue weighted by Gasteiger charge is -2.03. The number of rotatable bonds is 6. The number of amides is 1. The Morgan fingerprint density at radius 2 is 1.89 bits per heavy atom. The average molecular weight is 278 g/mol. The van der Waals surface area contributed by atoms with Crippen LogP contribution in [0.3, 0.4) is 0 Å². The minimum absolute atomic E-state index is 0.171. The van der Waals surface area contributed by atoms with Gasteiger partial charge < -0.3 is 5.32 Å². The van der Waals surface area contributed by atoms with Gasteiger partial charge in [0.2, 0.25) is 5.91 Å². The van der Waals surface area contributed by atoms with Crippen LogP contribution in [0.15, 0.2) is 24.3 Å². The second-order valence-electron chi connectivity index (χ2n) is 3.79.